The first-order valence-corrected chi connectivity index (χ1v) is 9.54. The predicted octanol–water partition coefficient (Wildman–Crippen LogP) is 0.0462. The molecule has 29 heavy (non-hydrogen) atoms. The monoisotopic (exact) mass is 396 g/mol. The first-order valence-electron chi connectivity index (χ1n) is 9.54. The lowest BCUT2D eigenvalue weighted by molar-refractivity contribution is 0.0950. The molecule has 4 heterocycles. The highest BCUT2D eigenvalue weighted by Gasteiger charge is 2.18. The van der Waals surface area contributed by atoms with E-state index in [9.17, 15) is 9.59 Å². The molecule has 0 saturated heterocycles. The van der Waals surface area contributed by atoms with Crippen LogP contribution in [0.25, 0.3) is 0 Å². The van der Waals surface area contributed by atoms with E-state index in [4.69, 9.17) is 0 Å². The van der Waals surface area contributed by atoms with Gasteiger partial charge in [-0.05, 0) is 6.42 Å². The summed E-state index contributed by atoms with van der Waals surface area (Å²) in [6.45, 7) is 3.05. The van der Waals surface area contributed by atoms with Gasteiger partial charge in [0.1, 0.15) is 5.82 Å². The molecule has 0 radical (unpaired) electrons. The fourth-order valence-corrected chi connectivity index (χ4v) is 3.55. The average Bonchev–Trinajstić information content (AvgIpc) is 3.23. The van der Waals surface area contributed by atoms with Crippen LogP contribution in [0, 0.1) is 0 Å². The third-order valence-electron chi connectivity index (χ3n) is 4.92. The maximum Gasteiger partial charge on any atom is 0.254 e. The molecule has 0 bridgehead atoms. The lowest BCUT2D eigenvalue weighted by Gasteiger charge is -2.19. The van der Waals surface area contributed by atoms with Crippen molar-refractivity contribution in [3.05, 3.63) is 63.9 Å². The number of nitrogens with one attached hydrogen (secondary N) is 1. The van der Waals surface area contributed by atoms with E-state index in [0.717, 1.165) is 30.9 Å². The SMILES string of the molecule is Cn1cc(CN2CCCn3c(nc(CNC(=O)c4cnn(C)c4)cc3=O)C2)cn1. The van der Waals surface area contributed by atoms with Gasteiger partial charge >= 0.3 is 0 Å². The Balaban J connectivity index is 1.48. The Bertz CT molecular complexity index is 1080. The average molecular weight is 396 g/mol. The minimum absolute atomic E-state index is 0.0798. The quantitative estimate of drug-likeness (QED) is 0.654. The molecule has 0 aromatic carbocycles. The lowest BCUT2D eigenvalue weighted by Crippen LogP contribution is -2.29. The van der Waals surface area contributed by atoms with Gasteiger partial charge in [0, 0.05) is 57.8 Å². The molecule has 0 spiro atoms. The van der Waals surface area contributed by atoms with E-state index in [1.165, 1.54) is 12.3 Å². The van der Waals surface area contributed by atoms with Crippen molar-refractivity contribution in [2.45, 2.75) is 32.6 Å². The zero-order chi connectivity index (χ0) is 20.4. The zero-order valence-corrected chi connectivity index (χ0v) is 16.6. The van der Waals surface area contributed by atoms with Gasteiger partial charge in [0.25, 0.3) is 11.5 Å². The molecule has 3 aromatic heterocycles. The molecule has 0 unspecified atom stereocenters. The zero-order valence-electron chi connectivity index (χ0n) is 16.6. The highest BCUT2D eigenvalue weighted by atomic mass is 16.1. The molecule has 1 aliphatic heterocycles. The summed E-state index contributed by atoms with van der Waals surface area (Å²) in [5, 5.41) is 11.0. The number of carbonyl (C=O) groups is 1. The number of fused-ring (bicyclic) bond motifs is 1. The largest absolute Gasteiger partial charge is 0.346 e. The summed E-state index contributed by atoms with van der Waals surface area (Å²) in [7, 11) is 3.65. The van der Waals surface area contributed by atoms with Crippen LogP contribution >= 0.6 is 0 Å². The lowest BCUT2D eigenvalue weighted by atomic mass is 10.3. The molecule has 1 amide bonds. The van der Waals surface area contributed by atoms with E-state index in [0.29, 0.717) is 24.3 Å². The Hall–Kier alpha value is -3.27. The maximum absolute atomic E-state index is 12.6. The van der Waals surface area contributed by atoms with Crippen molar-refractivity contribution in [3.8, 4) is 0 Å². The van der Waals surface area contributed by atoms with Gasteiger partial charge in [-0.3, -0.25) is 28.4 Å². The van der Waals surface area contributed by atoms with Crippen molar-refractivity contribution in [2.75, 3.05) is 6.54 Å². The molecule has 3 aromatic rings. The van der Waals surface area contributed by atoms with Gasteiger partial charge in [0.2, 0.25) is 0 Å². The normalized spacial score (nSPS) is 14.4. The van der Waals surface area contributed by atoms with Gasteiger partial charge in [0.15, 0.2) is 0 Å². The van der Waals surface area contributed by atoms with E-state index >= 15 is 0 Å². The Morgan fingerprint density at radius 3 is 2.66 bits per heavy atom. The molecule has 0 atom stereocenters. The second-order valence-electron chi connectivity index (χ2n) is 7.33. The molecule has 10 nitrogen and oxygen atoms in total. The number of aromatic nitrogens is 6. The van der Waals surface area contributed by atoms with E-state index in [1.807, 2.05) is 19.4 Å². The topological polar surface area (TPSA) is 103 Å². The summed E-state index contributed by atoms with van der Waals surface area (Å²) in [4.78, 5) is 31.7. The van der Waals surface area contributed by atoms with Crippen molar-refractivity contribution >= 4 is 5.91 Å². The molecule has 4 rings (SSSR count). The number of rotatable bonds is 5. The molecule has 1 aliphatic rings. The van der Waals surface area contributed by atoms with Crippen molar-refractivity contribution in [3.63, 3.8) is 0 Å². The second-order valence-corrected chi connectivity index (χ2v) is 7.33. The Labute approximate surface area is 167 Å². The molecule has 152 valence electrons. The Morgan fingerprint density at radius 1 is 1.14 bits per heavy atom. The molecular weight excluding hydrogens is 372 g/mol. The molecule has 0 fully saturated rings. The van der Waals surface area contributed by atoms with Crippen LogP contribution in [-0.4, -0.2) is 46.5 Å². The van der Waals surface area contributed by atoms with E-state index in [-0.39, 0.29) is 18.0 Å². The third-order valence-corrected chi connectivity index (χ3v) is 4.92. The van der Waals surface area contributed by atoms with E-state index < -0.39 is 0 Å². The van der Waals surface area contributed by atoms with Crippen molar-refractivity contribution in [1.29, 1.82) is 0 Å². The van der Waals surface area contributed by atoms with Crippen LogP contribution < -0.4 is 10.9 Å². The summed E-state index contributed by atoms with van der Waals surface area (Å²) < 4.78 is 5.08. The van der Waals surface area contributed by atoms with Crippen LogP contribution in [0.4, 0.5) is 0 Å². The number of carbonyl (C=O) groups excluding carboxylic acids is 1. The van der Waals surface area contributed by atoms with Gasteiger partial charge in [0.05, 0.1) is 36.7 Å². The smallest absolute Gasteiger partial charge is 0.254 e. The van der Waals surface area contributed by atoms with Crippen molar-refractivity contribution < 1.29 is 4.79 Å². The number of hydrogen-bond acceptors (Lipinski definition) is 6. The van der Waals surface area contributed by atoms with Crippen LogP contribution in [-0.2, 0) is 40.3 Å². The molecular formula is C19H24N8O2. The Morgan fingerprint density at radius 2 is 1.93 bits per heavy atom. The van der Waals surface area contributed by atoms with Crippen molar-refractivity contribution in [2.24, 2.45) is 14.1 Å². The van der Waals surface area contributed by atoms with Crippen LogP contribution in [0.1, 0.15) is 33.9 Å². The summed E-state index contributed by atoms with van der Waals surface area (Å²) in [6.07, 6.45) is 7.88. The summed E-state index contributed by atoms with van der Waals surface area (Å²) in [6, 6.07) is 1.50. The fraction of sp³-hybridized carbons (Fsp3) is 0.421. The maximum atomic E-state index is 12.6. The number of hydrogen-bond donors (Lipinski definition) is 1. The molecule has 10 heteroatoms. The fourth-order valence-electron chi connectivity index (χ4n) is 3.55. The standard InChI is InChI=1S/C19H24N8O2/c1-24-10-14(7-21-24)11-26-4-3-5-27-17(13-26)23-16(6-18(27)28)9-20-19(29)15-8-22-25(2)12-15/h6-8,10,12H,3-5,9,11,13H2,1-2H3,(H,20,29). The minimum atomic E-state index is -0.242. The first kappa shape index (κ1) is 19.1. The molecule has 1 N–H and O–H groups in total. The molecule has 0 saturated carbocycles. The number of aryl methyl sites for hydroxylation is 2. The van der Waals surface area contributed by atoms with Gasteiger partial charge in [-0.25, -0.2) is 4.98 Å². The number of amides is 1. The highest BCUT2D eigenvalue weighted by molar-refractivity contribution is 5.93. The van der Waals surface area contributed by atoms with E-state index in [1.54, 1.807) is 27.2 Å². The van der Waals surface area contributed by atoms with E-state index in [2.05, 4.69) is 25.4 Å². The first-order chi connectivity index (χ1) is 14.0. The van der Waals surface area contributed by atoms with Crippen molar-refractivity contribution in [1.82, 2.24) is 39.3 Å². The van der Waals surface area contributed by atoms with Gasteiger partial charge in [-0.15, -0.1) is 0 Å². The number of nitrogens with zero attached hydrogens (tertiary/aromatic N) is 7. The minimum Gasteiger partial charge on any atom is -0.346 e. The van der Waals surface area contributed by atoms with Crippen LogP contribution in [0.15, 0.2) is 35.6 Å². The van der Waals surface area contributed by atoms with Crippen LogP contribution in [0.5, 0.6) is 0 Å². The van der Waals surface area contributed by atoms with Gasteiger partial charge in [-0.2, -0.15) is 10.2 Å². The van der Waals surface area contributed by atoms with Gasteiger partial charge < -0.3 is 5.32 Å². The Kier molecular flexibility index (Phi) is 5.26. The molecule has 0 aliphatic carbocycles. The van der Waals surface area contributed by atoms with Crippen LogP contribution in [0.2, 0.25) is 0 Å². The second kappa shape index (κ2) is 8.00. The predicted molar refractivity (Wildman–Crippen MR) is 105 cm³/mol. The third kappa shape index (κ3) is 4.43. The summed E-state index contributed by atoms with van der Waals surface area (Å²) in [5.41, 5.74) is 2.08. The van der Waals surface area contributed by atoms with Gasteiger partial charge in [-0.1, -0.05) is 0 Å². The van der Waals surface area contributed by atoms with Crippen LogP contribution in [0.3, 0.4) is 0 Å². The highest BCUT2D eigenvalue weighted by Crippen LogP contribution is 2.13. The summed E-state index contributed by atoms with van der Waals surface area (Å²) in [5.74, 6) is 0.484. The summed E-state index contributed by atoms with van der Waals surface area (Å²) >= 11 is 0.